The minimum atomic E-state index is -0.829. The highest BCUT2D eigenvalue weighted by molar-refractivity contribution is 7.99. The lowest BCUT2D eigenvalue weighted by Gasteiger charge is -2.06. The number of nitrogens with zero attached hydrogens (tertiary/aromatic N) is 2. The first-order valence-corrected chi connectivity index (χ1v) is 5.33. The van der Waals surface area contributed by atoms with E-state index in [1.165, 1.54) is 11.8 Å². The summed E-state index contributed by atoms with van der Waals surface area (Å²) in [7, 11) is 0. The van der Waals surface area contributed by atoms with Gasteiger partial charge in [-0.1, -0.05) is 6.92 Å². The van der Waals surface area contributed by atoms with Crippen LogP contribution in [0.25, 0.3) is 0 Å². The third kappa shape index (κ3) is 3.26. The zero-order valence-corrected chi connectivity index (χ0v) is 8.99. The minimum Gasteiger partial charge on any atom is -0.481 e. The molecule has 0 radical (unpaired) electrons. The number of thioether (sulfide) groups is 1. The lowest BCUT2D eigenvalue weighted by atomic mass is 10.2. The van der Waals surface area contributed by atoms with Gasteiger partial charge in [0.05, 0.1) is 11.5 Å². The molecule has 1 N–H and O–H groups in total. The van der Waals surface area contributed by atoms with Crippen molar-refractivity contribution >= 4 is 17.7 Å². The zero-order valence-electron chi connectivity index (χ0n) is 8.17. The van der Waals surface area contributed by atoms with Crippen molar-refractivity contribution in [3.63, 3.8) is 0 Å². The maximum absolute atomic E-state index is 10.6. The molecule has 0 aliphatic carbocycles. The molecule has 0 spiro atoms. The van der Waals surface area contributed by atoms with Gasteiger partial charge in [-0.25, -0.2) is 0 Å². The fourth-order valence-corrected chi connectivity index (χ4v) is 1.85. The molecule has 1 atom stereocenters. The SMILES string of the molecule is CC(CSc1cnccc1C#N)C(=O)O. The summed E-state index contributed by atoms with van der Waals surface area (Å²) in [5, 5.41) is 17.5. The van der Waals surface area contributed by atoms with Crippen molar-refractivity contribution in [3.05, 3.63) is 24.0 Å². The standard InChI is InChI=1S/C10H10N2O2S/c1-7(10(13)14)6-15-9-5-12-3-2-8(9)4-11/h2-3,5,7H,6H2,1H3,(H,13,14). The number of carbonyl (C=O) groups is 1. The monoisotopic (exact) mass is 222 g/mol. The molecule has 1 aromatic rings. The molecule has 0 aromatic carbocycles. The van der Waals surface area contributed by atoms with Gasteiger partial charge < -0.3 is 5.11 Å². The Bertz CT molecular complexity index is 401. The van der Waals surface area contributed by atoms with Crippen molar-refractivity contribution in [1.29, 1.82) is 5.26 Å². The molecule has 78 valence electrons. The van der Waals surface area contributed by atoms with Gasteiger partial charge >= 0.3 is 5.97 Å². The molecule has 0 bridgehead atoms. The summed E-state index contributed by atoms with van der Waals surface area (Å²) < 4.78 is 0. The molecule has 1 heterocycles. The van der Waals surface area contributed by atoms with Gasteiger partial charge in [-0.05, 0) is 6.07 Å². The maximum atomic E-state index is 10.6. The highest BCUT2D eigenvalue weighted by Crippen LogP contribution is 2.23. The quantitative estimate of drug-likeness (QED) is 0.786. The molecular formula is C10H10N2O2S. The molecule has 4 nitrogen and oxygen atoms in total. The number of aliphatic carboxylic acids is 1. The molecule has 0 fully saturated rings. The van der Waals surface area contributed by atoms with Crippen molar-refractivity contribution in [2.75, 3.05) is 5.75 Å². The maximum Gasteiger partial charge on any atom is 0.307 e. The number of hydrogen-bond donors (Lipinski definition) is 1. The van der Waals surface area contributed by atoms with Gasteiger partial charge in [0.1, 0.15) is 6.07 Å². The third-order valence-corrected chi connectivity index (χ3v) is 3.12. The molecular weight excluding hydrogens is 212 g/mol. The third-order valence-electron chi connectivity index (χ3n) is 1.82. The lowest BCUT2D eigenvalue weighted by Crippen LogP contribution is -2.11. The summed E-state index contributed by atoms with van der Waals surface area (Å²) in [6.45, 7) is 1.64. The van der Waals surface area contributed by atoms with Crippen LogP contribution in [0.1, 0.15) is 12.5 Å². The highest BCUT2D eigenvalue weighted by Gasteiger charge is 2.12. The van der Waals surface area contributed by atoms with E-state index in [-0.39, 0.29) is 0 Å². The highest BCUT2D eigenvalue weighted by atomic mass is 32.2. The lowest BCUT2D eigenvalue weighted by molar-refractivity contribution is -0.140. The fraction of sp³-hybridized carbons (Fsp3) is 0.300. The summed E-state index contributed by atoms with van der Waals surface area (Å²) in [6.07, 6.45) is 3.13. The average Bonchev–Trinajstić information content (AvgIpc) is 2.26. The Hall–Kier alpha value is -1.54. The van der Waals surface area contributed by atoms with Crippen LogP contribution >= 0.6 is 11.8 Å². The second kappa shape index (κ2) is 5.37. The van der Waals surface area contributed by atoms with Crippen LogP contribution in [-0.2, 0) is 4.79 Å². The Kier molecular flexibility index (Phi) is 4.13. The molecule has 0 aliphatic heterocycles. The average molecular weight is 222 g/mol. The number of pyridine rings is 1. The van der Waals surface area contributed by atoms with E-state index in [9.17, 15) is 4.79 Å². The summed E-state index contributed by atoms with van der Waals surface area (Å²) in [5.41, 5.74) is 0.535. The predicted octanol–water partition coefficient (Wildman–Crippen LogP) is 1.77. The summed E-state index contributed by atoms with van der Waals surface area (Å²) in [6, 6.07) is 3.66. The van der Waals surface area contributed by atoms with Gasteiger partial charge in [0, 0.05) is 23.0 Å². The topological polar surface area (TPSA) is 74.0 Å². The second-order valence-electron chi connectivity index (χ2n) is 3.03. The normalized spacial score (nSPS) is 11.7. The van der Waals surface area contributed by atoms with E-state index in [4.69, 9.17) is 10.4 Å². The summed E-state index contributed by atoms with van der Waals surface area (Å²) in [5.74, 6) is -0.818. The summed E-state index contributed by atoms with van der Waals surface area (Å²) >= 11 is 1.34. The first-order valence-electron chi connectivity index (χ1n) is 4.35. The van der Waals surface area contributed by atoms with Crippen LogP contribution in [-0.4, -0.2) is 21.8 Å². The van der Waals surface area contributed by atoms with Crippen molar-refractivity contribution < 1.29 is 9.90 Å². The van der Waals surface area contributed by atoms with Gasteiger partial charge in [0.2, 0.25) is 0 Å². The summed E-state index contributed by atoms with van der Waals surface area (Å²) in [4.78, 5) is 15.2. The number of rotatable bonds is 4. The largest absolute Gasteiger partial charge is 0.481 e. The Morgan fingerprint density at radius 1 is 1.80 bits per heavy atom. The number of nitriles is 1. The van der Waals surface area contributed by atoms with E-state index in [2.05, 4.69) is 4.98 Å². The van der Waals surface area contributed by atoms with E-state index in [0.717, 1.165) is 4.90 Å². The number of hydrogen-bond acceptors (Lipinski definition) is 4. The van der Waals surface area contributed by atoms with E-state index in [1.807, 2.05) is 6.07 Å². The van der Waals surface area contributed by atoms with Crippen LogP contribution in [0, 0.1) is 17.2 Å². The molecule has 0 amide bonds. The van der Waals surface area contributed by atoms with Gasteiger partial charge in [0.25, 0.3) is 0 Å². The van der Waals surface area contributed by atoms with Crippen LogP contribution in [0.15, 0.2) is 23.4 Å². The van der Waals surface area contributed by atoms with Crippen LogP contribution in [0.2, 0.25) is 0 Å². The first kappa shape index (κ1) is 11.5. The fourth-order valence-electron chi connectivity index (χ4n) is 0.873. The van der Waals surface area contributed by atoms with Crippen LogP contribution in [0.3, 0.4) is 0 Å². The molecule has 15 heavy (non-hydrogen) atoms. The molecule has 5 heteroatoms. The molecule has 1 unspecified atom stereocenters. The zero-order chi connectivity index (χ0) is 11.3. The Labute approximate surface area is 91.9 Å². The Balaban J connectivity index is 2.66. The molecule has 0 saturated heterocycles. The van der Waals surface area contributed by atoms with Crippen LogP contribution in [0.5, 0.6) is 0 Å². The predicted molar refractivity (Wildman–Crippen MR) is 56.5 cm³/mol. The Morgan fingerprint density at radius 3 is 3.13 bits per heavy atom. The van der Waals surface area contributed by atoms with Crippen molar-refractivity contribution in [3.8, 4) is 6.07 Å². The van der Waals surface area contributed by atoms with Crippen molar-refractivity contribution in [1.82, 2.24) is 4.98 Å². The van der Waals surface area contributed by atoms with Gasteiger partial charge in [0.15, 0.2) is 0 Å². The van der Waals surface area contributed by atoms with E-state index in [1.54, 1.807) is 25.4 Å². The molecule has 1 aromatic heterocycles. The second-order valence-corrected chi connectivity index (χ2v) is 4.10. The molecule has 0 saturated carbocycles. The number of aromatic nitrogens is 1. The smallest absolute Gasteiger partial charge is 0.307 e. The van der Waals surface area contributed by atoms with Gasteiger partial charge in [-0.2, -0.15) is 5.26 Å². The Morgan fingerprint density at radius 2 is 2.53 bits per heavy atom. The first-order chi connectivity index (χ1) is 7.15. The molecule has 1 rings (SSSR count). The molecule has 0 aliphatic rings. The van der Waals surface area contributed by atoms with E-state index >= 15 is 0 Å². The number of carboxylic acids is 1. The van der Waals surface area contributed by atoms with Crippen molar-refractivity contribution in [2.24, 2.45) is 5.92 Å². The van der Waals surface area contributed by atoms with Gasteiger partial charge in [-0.3, -0.25) is 9.78 Å². The van der Waals surface area contributed by atoms with Crippen molar-refractivity contribution in [2.45, 2.75) is 11.8 Å². The minimum absolute atomic E-state index is 0.429. The van der Waals surface area contributed by atoms with E-state index < -0.39 is 11.9 Å². The number of carboxylic acid groups (broad SMARTS) is 1. The van der Waals surface area contributed by atoms with Gasteiger partial charge in [-0.15, -0.1) is 11.8 Å². The van der Waals surface area contributed by atoms with Crippen LogP contribution in [0.4, 0.5) is 0 Å². The van der Waals surface area contributed by atoms with Crippen LogP contribution < -0.4 is 0 Å². The van der Waals surface area contributed by atoms with E-state index in [0.29, 0.717) is 11.3 Å².